The molecule has 142 valence electrons. The Balaban J connectivity index is 1.49. The first-order chi connectivity index (χ1) is 13.0. The lowest BCUT2D eigenvalue weighted by atomic mass is 10.2. The highest BCUT2D eigenvalue weighted by molar-refractivity contribution is 7.80. The Labute approximate surface area is 165 Å². The Morgan fingerprint density at radius 3 is 2.74 bits per heavy atom. The molecule has 0 aliphatic carbocycles. The van der Waals surface area contributed by atoms with Gasteiger partial charge in [-0.2, -0.15) is 0 Å². The minimum absolute atomic E-state index is 0.0506. The van der Waals surface area contributed by atoms with Crippen LogP contribution in [0.25, 0.3) is 0 Å². The summed E-state index contributed by atoms with van der Waals surface area (Å²) in [6.45, 7) is 5.35. The average molecular weight is 384 g/mol. The van der Waals surface area contributed by atoms with E-state index < -0.39 is 0 Å². The number of aryl methyl sites for hydroxylation is 1. The molecule has 1 atom stereocenters. The van der Waals surface area contributed by atoms with E-state index in [2.05, 4.69) is 10.6 Å². The second-order valence-electron chi connectivity index (χ2n) is 6.82. The van der Waals surface area contributed by atoms with Crippen molar-refractivity contribution >= 4 is 34.6 Å². The fourth-order valence-electron chi connectivity index (χ4n) is 2.96. The maximum atomic E-state index is 11.9. The molecule has 0 aromatic heterocycles. The lowest BCUT2D eigenvalue weighted by molar-refractivity contribution is -0.117. The summed E-state index contributed by atoms with van der Waals surface area (Å²) in [5.41, 5.74) is 2.97. The molecule has 1 heterocycles. The van der Waals surface area contributed by atoms with Crippen LogP contribution in [0.4, 0.5) is 11.4 Å². The summed E-state index contributed by atoms with van der Waals surface area (Å²) in [4.78, 5) is 13.7. The van der Waals surface area contributed by atoms with Gasteiger partial charge in [0.05, 0.1) is 6.04 Å². The van der Waals surface area contributed by atoms with Crippen LogP contribution in [0, 0.1) is 6.92 Å². The summed E-state index contributed by atoms with van der Waals surface area (Å²) in [5.74, 6) is 1.02. The van der Waals surface area contributed by atoms with Gasteiger partial charge in [-0.15, -0.1) is 0 Å². The summed E-state index contributed by atoms with van der Waals surface area (Å²) in [6.07, 6.45) is 1.53. The van der Waals surface area contributed by atoms with E-state index in [0.29, 0.717) is 18.1 Å². The number of carbonyl (C=O) groups is 1. The second kappa shape index (κ2) is 8.86. The zero-order valence-corrected chi connectivity index (χ0v) is 16.5. The van der Waals surface area contributed by atoms with E-state index in [4.69, 9.17) is 17.0 Å². The Bertz CT molecular complexity index is 807. The molecule has 3 rings (SSSR count). The van der Waals surface area contributed by atoms with Crippen LogP contribution < -0.4 is 20.3 Å². The van der Waals surface area contributed by atoms with Crippen LogP contribution in [0.5, 0.6) is 5.75 Å². The highest BCUT2D eigenvalue weighted by Gasteiger charge is 2.21. The second-order valence-corrected chi connectivity index (χ2v) is 7.23. The van der Waals surface area contributed by atoms with Crippen LogP contribution in [0.3, 0.4) is 0 Å². The number of hydrogen-bond acceptors (Lipinski definition) is 3. The van der Waals surface area contributed by atoms with Crippen molar-refractivity contribution in [1.29, 1.82) is 0 Å². The van der Waals surface area contributed by atoms with Crippen LogP contribution in [0.2, 0.25) is 0 Å². The van der Waals surface area contributed by atoms with Gasteiger partial charge in [-0.05, 0) is 62.8 Å². The smallest absolute Gasteiger partial charge is 0.227 e. The molecule has 0 radical (unpaired) electrons. The Kier molecular flexibility index (Phi) is 6.29. The van der Waals surface area contributed by atoms with Gasteiger partial charge in [0.15, 0.2) is 5.11 Å². The molecule has 27 heavy (non-hydrogen) atoms. The van der Waals surface area contributed by atoms with Gasteiger partial charge in [-0.25, -0.2) is 0 Å². The largest absolute Gasteiger partial charge is 0.491 e. The molecule has 1 unspecified atom stereocenters. The fourth-order valence-corrected chi connectivity index (χ4v) is 3.28. The molecule has 1 fully saturated rings. The van der Waals surface area contributed by atoms with Gasteiger partial charge in [0.1, 0.15) is 12.4 Å². The lowest BCUT2D eigenvalue weighted by Gasteiger charge is -2.19. The molecule has 5 nitrogen and oxygen atoms in total. The topological polar surface area (TPSA) is 53.6 Å². The van der Waals surface area contributed by atoms with Crippen molar-refractivity contribution in [2.24, 2.45) is 0 Å². The number of hydrogen-bond donors (Lipinski definition) is 2. The monoisotopic (exact) mass is 383 g/mol. The van der Waals surface area contributed by atoms with Gasteiger partial charge in [0, 0.05) is 24.3 Å². The van der Waals surface area contributed by atoms with E-state index in [1.54, 1.807) is 0 Å². The summed E-state index contributed by atoms with van der Waals surface area (Å²) in [5, 5.41) is 6.93. The Morgan fingerprint density at radius 2 is 2.04 bits per heavy atom. The highest BCUT2D eigenvalue weighted by atomic mass is 32.1. The van der Waals surface area contributed by atoms with E-state index in [1.807, 2.05) is 67.3 Å². The van der Waals surface area contributed by atoms with Gasteiger partial charge in [0.25, 0.3) is 0 Å². The van der Waals surface area contributed by atoms with Crippen molar-refractivity contribution < 1.29 is 9.53 Å². The maximum absolute atomic E-state index is 11.9. The number of nitrogens with one attached hydrogen (secondary N) is 2. The van der Waals surface area contributed by atoms with Gasteiger partial charge in [0.2, 0.25) is 5.91 Å². The van der Waals surface area contributed by atoms with E-state index >= 15 is 0 Å². The molecule has 0 bridgehead atoms. The standard InChI is InChI=1S/C21H25N3O2S/c1-15-8-10-19(11-9-15)26-14-16(2)22-21(27)23-17-5-3-6-18(13-17)24-12-4-7-20(24)25/h3,5-6,8-11,13,16H,4,7,12,14H2,1-2H3,(H2,22,23,27). The third-order valence-corrected chi connectivity index (χ3v) is 4.61. The van der Waals surface area contributed by atoms with E-state index in [-0.39, 0.29) is 11.9 Å². The first-order valence-electron chi connectivity index (χ1n) is 9.19. The van der Waals surface area contributed by atoms with Crippen LogP contribution in [0.1, 0.15) is 25.3 Å². The number of nitrogens with zero attached hydrogens (tertiary/aromatic N) is 1. The summed E-state index contributed by atoms with van der Waals surface area (Å²) in [7, 11) is 0. The number of carbonyl (C=O) groups excluding carboxylic acids is 1. The third kappa shape index (κ3) is 5.44. The van der Waals surface area contributed by atoms with Crippen molar-refractivity contribution in [3.8, 4) is 5.75 Å². The molecule has 0 saturated carbocycles. The van der Waals surface area contributed by atoms with Gasteiger partial charge < -0.3 is 20.3 Å². The normalized spacial score (nSPS) is 14.7. The number of amides is 1. The van der Waals surface area contributed by atoms with Gasteiger partial charge in [-0.1, -0.05) is 23.8 Å². The molecule has 2 aromatic rings. The fraction of sp³-hybridized carbons (Fsp3) is 0.333. The highest BCUT2D eigenvalue weighted by Crippen LogP contribution is 2.24. The molecule has 1 aliphatic heterocycles. The number of anilines is 2. The van der Waals surface area contributed by atoms with Crippen LogP contribution in [-0.4, -0.2) is 30.2 Å². The molecule has 0 spiro atoms. The molecular weight excluding hydrogens is 358 g/mol. The van der Waals surface area contributed by atoms with Crippen molar-refractivity contribution in [1.82, 2.24) is 5.32 Å². The van der Waals surface area contributed by atoms with Gasteiger partial charge >= 0.3 is 0 Å². The Hall–Kier alpha value is -2.60. The molecular formula is C21H25N3O2S. The van der Waals surface area contributed by atoms with Crippen LogP contribution >= 0.6 is 12.2 Å². The summed E-state index contributed by atoms with van der Waals surface area (Å²) >= 11 is 5.40. The SMILES string of the molecule is Cc1ccc(OCC(C)NC(=S)Nc2cccc(N3CCCC3=O)c2)cc1. The number of benzene rings is 2. The number of rotatable bonds is 6. The molecule has 6 heteroatoms. The average Bonchev–Trinajstić information content (AvgIpc) is 3.07. The van der Waals surface area contributed by atoms with E-state index in [9.17, 15) is 4.79 Å². The number of thiocarbonyl (C=S) groups is 1. The summed E-state index contributed by atoms with van der Waals surface area (Å²) < 4.78 is 5.78. The number of ether oxygens (including phenoxy) is 1. The minimum Gasteiger partial charge on any atom is -0.491 e. The van der Waals surface area contributed by atoms with Crippen LogP contribution in [0.15, 0.2) is 48.5 Å². The summed E-state index contributed by atoms with van der Waals surface area (Å²) in [6, 6.07) is 15.8. The zero-order chi connectivity index (χ0) is 19.2. The van der Waals surface area contributed by atoms with Crippen molar-refractivity contribution in [2.45, 2.75) is 32.7 Å². The first-order valence-corrected chi connectivity index (χ1v) is 9.59. The molecule has 1 saturated heterocycles. The lowest BCUT2D eigenvalue weighted by Crippen LogP contribution is -2.39. The van der Waals surface area contributed by atoms with E-state index in [1.165, 1.54) is 5.56 Å². The first kappa shape index (κ1) is 19.2. The quantitative estimate of drug-likeness (QED) is 0.742. The van der Waals surface area contributed by atoms with Crippen LogP contribution in [-0.2, 0) is 4.79 Å². The Morgan fingerprint density at radius 1 is 1.26 bits per heavy atom. The maximum Gasteiger partial charge on any atom is 0.227 e. The molecule has 2 aromatic carbocycles. The predicted molar refractivity (Wildman–Crippen MR) is 114 cm³/mol. The predicted octanol–water partition coefficient (Wildman–Crippen LogP) is 3.88. The van der Waals surface area contributed by atoms with Crippen molar-refractivity contribution in [3.63, 3.8) is 0 Å². The van der Waals surface area contributed by atoms with Gasteiger partial charge in [-0.3, -0.25) is 4.79 Å². The molecule has 1 amide bonds. The van der Waals surface area contributed by atoms with Crippen molar-refractivity contribution in [2.75, 3.05) is 23.4 Å². The minimum atomic E-state index is 0.0506. The molecule has 2 N–H and O–H groups in total. The third-order valence-electron chi connectivity index (χ3n) is 4.39. The zero-order valence-electron chi connectivity index (χ0n) is 15.7. The van der Waals surface area contributed by atoms with E-state index in [0.717, 1.165) is 30.1 Å². The van der Waals surface area contributed by atoms with Crippen molar-refractivity contribution in [3.05, 3.63) is 54.1 Å². The molecule has 1 aliphatic rings.